The van der Waals surface area contributed by atoms with Crippen LogP contribution < -0.4 is 5.43 Å². The van der Waals surface area contributed by atoms with Gasteiger partial charge in [0.15, 0.2) is 0 Å². The van der Waals surface area contributed by atoms with Gasteiger partial charge in [0.25, 0.3) is 5.91 Å². The van der Waals surface area contributed by atoms with E-state index in [0.717, 1.165) is 44.2 Å². The molecule has 1 aromatic rings. The summed E-state index contributed by atoms with van der Waals surface area (Å²) in [6.07, 6.45) is 8.25. The first-order chi connectivity index (χ1) is 12.1. The number of hydrazone groups is 1. The Labute approximate surface area is 149 Å². The van der Waals surface area contributed by atoms with Crippen molar-refractivity contribution in [1.29, 1.82) is 0 Å². The molecule has 0 aromatic heterocycles. The first-order valence-corrected chi connectivity index (χ1v) is 10.5. The van der Waals surface area contributed by atoms with Crippen molar-refractivity contribution in [2.24, 2.45) is 5.10 Å². The molecule has 3 rings (SSSR count). The Bertz CT molecular complexity index is 743. The molecule has 1 saturated heterocycles. The Morgan fingerprint density at radius 3 is 2.36 bits per heavy atom. The number of rotatable bonds is 4. The molecule has 2 aliphatic rings. The predicted octanol–water partition coefficient (Wildman–Crippen LogP) is 2.91. The van der Waals surface area contributed by atoms with Crippen LogP contribution in [0, 0.1) is 0 Å². The predicted molar refractivity (Wildman–Crippen MR) is 97.0 cm³/mol. The van der Waals surface area contributed by atoms with E-state index >= 15 is 0 Å². The lowest BCUT2D eigenvalue weighted by Gasteiger charge is -2.15. The smallest absolute Gasteiger partial charge is 0.267 e. The van der Waals surface area contributed by atoms with E-state index in [1.54, 1.807) is 18.2 Å². The maximum absolute atomic E-state index is 12.6. The van der Waals surface area contributed by atoms with Crippen LogP contribution >= 0.6 is 0 Å². The lowest BCUT2D eigenvalue weighted by atomic mass is 10.2. The molecule has 1 N–H and O–H groups in total. The molecule has 7 heteroatoms. The van der Waals surface area contributed by atoms with Gasteiger partial charge < -0.3 is 0 Å². The monoisotopic (exact) mass is 363 g/mol. The number of carbonyl (C=O) groups excluding carboxylic acids is 1. The number of carbonyl (C=O) groups is 1. The highest BCUT2D eigenvalue weighted by atomic mass is 32.2. The molecular formula is C18H25N3O3S. The van der Waals surface area contributed by atoms with Crippen LogP contribution in [0.5, 0.6) is 0 Å². The van der Waals surface area contributed by atoms with Crippen molar-refractivity contribution in [3.8, 4) is 0 Å². The maximum Gasteiger partial charge on any atom is 0.271 e. The van der Waals surface area contributed by atoms with E-state index < -0.39 is 10.0 Å². The minimum atomic E-state index is -3.52. The van der Waals surface area contributed by atoms with Crippen molar-refractivity contribution in [2.75, 3.05) is 13.1 Å². The summed E-state index contributed by atoms with van der Waals surface area (Å²) in [4.78, 5) is 12.5. The second-order valence-electron chi connectivity index (χ2n) is 6.67. The quantitative estimate of drug-likeness (QED) is 0.660. The molecule has 0 bridgehead atoms. The van der Waals surface area contributed by atoms with E-state index in [-0.39, 0.29) is 10.8 Å². The van der Waals surface area contributed by atoms with Gasteiger partial charge in [0.2, 0.25) is 10.0 Å². The Morgan fingerprint density at radius 2 is 1.68 bits per heavy atom. The molecule has 6 nitrogen and oxygen atoms in total. The summed E-state index contributed by atoms with van der Waals surface area (Å²) in [6.45, 7) is 1.10. The first-order valence-electron chi connectivity index (χ1n) is 9.03. The van der Waals surface area contributed by atoms with Crippen LogP contribution in [0.4, 0.5) is 0 Å². The average Bonchev–Trinajstić information content (AvgIpc) is 3.05. The highest BCUT2D eigenvalue weighted by Crippen LogP contribution is 2.21. The van der Waals surface area contributed by atoms with Crippen molar-refractivity contribution in [3.05, 3.63) is 29.8 Å². The lowest BCUT2D eigenvalue weighted by molar-refractivity contribution is 0.0954. The number of hydrogen-bond acceptors (Lipinski definition) is 4. The molecule has 0 unspecified atom stereocenters. The molecular weight excluding hydrogens is 338 g/mol. The van der Waals surface area contributed by atoms with Gasteiger partial charge in [-0.3, -0.25) is 4.79 Å². The minimum Gasteiger partial charge on any atom is -0.267 e. The van der Waals surface area contributed by atoms with Crippen molar-refractivity contribution >= 4 is 21.6 Å². The summed E-state index contributed by atoms with van der Waals surface area (Å²) in [5, 5.41) is 4.25. The van der Waals surface area contributed by atoms with E-state index in [4.69, 9.17) is 0 Å². The van der Waals surface area contributed by atoms with Crippen molar-refractivity contribution in [2.45, 2.75) is 56.3 Å². The summed E-state index contributed by atoms with van der Waals surface area (Å²) >= 11 is 0. The molecule has 1 amide bonds. The zero-order chi connectivity index (χ0) is 17.7. The van der Waals surface area contributed by atoms with Crippen LogP contribution in [0.3, 0.4) is 0 Å². The molecule has 0 spiro atoms. The summed E-state index contributed by atoms with van der Waals surface area (Å²) in [7, 11) is -3.52. The number of nitrogens with one attached hydrogen (secondary N) is 1. The normalized spacial score (nSPS) is 19.4. The Balaban J connectivity index is 1.72. The Hall–Kier alpha value is -1.73. The third kappa shape index (κ3) is 4.46. The van der Waals surface area contributed by atoms with Gasteiger partial charge in [0, 0.05) is 24.4 Å². The summed E-state index contributed by atoms with van der Waals surface area (Å²) in [6, 6.07) is 6.21. The van der Waals surface area contributed by atoms with Gasteiger partial charge >= 0.3 is 0 Å². The second-order valence-corrected chi connectivity index (χ2v) is 8.61. The fraction of sp³-hybridized carbons (Fsp3) is 0.556. The summed E-state index contributed by atoms with van der Waals surface area (Å²) < 4.78 is 26.7. The third-order valence-electron chi connectivity index (χ3n) is 4.80. The Morgan fingerprint density at radius 1 is 1.00 bits per heavy atom. The van der Waals surface area contributed by atoms with E-state index in [1.807, 2.05) is 0 Å². The number of amides is 1. The fourth-order valence-corrected chi connectivity index (χ4v) is 4.88. The summed E-state index contributed by atoms with van der Waals surface area (Å²) in [5.41, 5.74) is 3.92. The van der Waals surface area contributed by atoms with Crippen molar-refractivity contribution in [1.82, 2.24) is 9.73 Å². The zero-order valence-corrected chi connectivity index (χ0v) is 15.2. The molecule has 1 saturated carbocycles. The fourth-order valence-electron chi connectivity index (χ4n) is 3.32. The molecule has 1 aliphatic carbocycles. The van der Waals surface area contributed by atoms with Crippen molar-refractivity contribution in [3.63, 3.8) is 0 Å². The zero-order valence-electron chi connectivity index (χ0n) is 14.4. The largest absolute Gasteiger partial charge is 0.271 e. The molecule has 1 aromatic carbocycles. The van der Waals surface area contributed by atoms with Gasteiger partial charge in [-0.15, -0.1) is 0 Å². The Kier molecular flexibility index (Phi) is 5.86. The van der Waals surface area contributed by atoms with Gasteiger partial charge in [-0.1, -0.05) is 18.9 Å². The molecule has 25 heavy (non-hydrogen) atoms. The van der Waals surface area contributed by atoms with Gasteiger partial charge in [0.1, 0.15) is 0 Å². The number of sulfonamides is 1. The second kappa shape index (κ2) is 8.10. The highest BCUT2D eigenvalue weighted by molar-refractivity contribution is 7.89. The van der Waals surface area contributed by atoms with E-state index in [1.165, 1.54) is 23.2 Å². The standard InChI is InChI=1S/C18H25N3O3S/c22-18(20-19-16-9-3-1-2-4-10-16)15-8-7-11-17(14-15)25(23,24)21-12-5-6-13-21/h7-8,11,14H,1-6,9-10,12-13H2,(H,20,22). The lowest BCUT2D eigenvalue weighted by Crippen LogP contribution is -2.28. The van der Waals surface area contributed by atoms with Crippen LogP contribution in [0.15, 0.2) is 34.3 Å². The molecule has 2 fully saturated rings. The SMILES string of the molecule is O=C(NN=C1CCCCCC1)c1cccc(S(=O)(=O)N2CCCC2)c1. The van der Waals surface area contributed by atoms with Crippen LogP contribution in [-0.2, 0) is 10.0 Å². The van der Waals surface area contributed by atoms with E-state index in [2.05, 4.69) is 10.5 Å². The molecule has 1 aliphatic heterocycles. The molecule has 0 radical (unpaired) electrons. The maximum atomic E-state index is 12.6. The third-order valence-corrected chi connectivity index (χ3v) is 6.69. The van der Waals surface area contributed by atoms with Crippen LogP contribution in [0.2, 0.25) is 0 Å². The first kappa shape index (κ1) is 18.1. The topological polar surface area (TPSA) is 78.8 Å². The van der Waals surface area contributed by atoms with Gasteiger partial charge in [0.05, 0.1) is 4.90 Å². The minimum absolute atomic E-state index is 0.171. The van der Waals surface area contributed by atoms with Gasteiger partial charge in [-0.05, 0) is 56.7 Å². The average molecular weight is 363 g/mol. The van der Waals surface area contributed by atoms with Crippen LogP contribution in [-0.4, -0.2) is 37.4 Å². The molecule has 0 atom stereocenters. The van der Waals surface area contributed by atoms with Crippen molar-refractivity contribution < 1.29 is 13.2 Å². The van der Waals surface area contributed by atoms with E-state index in [0.29, 0.717) is 18.7 Å². The number of benzene rings is 1. The number of hydrogen-bond donors (Lipinski definition) is 1. The summed E-state index contributed by atoms with van der Waals surface area (Å²) in [5.74, 6) is -0.366. The molecule has 136 valence electrons. The van der Waals surface area contributed by atoms with Crippen LogP contribution in [0.25, 0.3) is 0 Å². The van der Waals surface area contributed by atoms with E-state index in [9.17, 15) is 13.2 Å². The number of nitrogens with zero attached hydrogens (tertiary/aromatic N) is 2. The van der Waals surface area contributed by atoms with Gasteiger partial charge in [-0.25, -0.2) is 13.8 Å². The van der Waals surface area contributed by atoms with Gasteiger partial charge in [-0.2, -0.15) is 9.41 Å². The molecule has 1 heterocycles. The van der Waals surface area contributed by atoms with Crippen LogP contribution in [0.1, 0.15) is 61.7 Å². The highest BCUT2D eigenvalue weighted by Gasteiger charge is 2.27.